The minimum atomic E-state index is -4.46. The Hall–Kier alpha value is -3.42. The number of fused-ring (bicyclic) bond motifs is 2. The Morgan fingerprint density at radius 1 is 1.00 bits per heavy atom. The Morgan fingerprint density at radius 2 is 1.77 bits per heavy atom. The van der Waals surface area contributed by atoms with Crippen LogP contribution < -0.4 is 5.32 Å². The molecule has 2 aliphatic rings. The number of nitrogens with one attached hydrogen (secondary N) is 1. The molecular weight excluding hydrogens is 455 g/mol. The molecule has 0 radical (unpaired) electrons. The Bertz CT molecular complexity index is 1220. The highest BCUT2D eigenvalue weighted by Crippen LogP contribution is 2.51. The van der Waals surface area contributed by atoms with Gasteiger partial charge in [-0.25, -0.2) is 9.97 Å². The zero-order chi connectivity index (χ0) is 24.6. The van der Waals surface area contributed by atoms with Gasteiger partial charge >= 0.3 is 12.1 Å². The van der Waals surface area contributed by atoms with Crippen LogP contribution in [0.4, 0.5) is 24.7 Å². The quantitative estimate of drug-likeness (QED) is 0.421. The van der Waals surface area contributed by atoms with E-state index in [0.717, 1.165) is 61.9 Å². The van der Waals surface area contributed by atoms with Crippen molar-refractivity contribution >= 4 is 17.5 Å². The van der Waals surface area contributed by atoms with Crippen molar-refractivity contribution in [1.29, 1.82) is 0 Å². The molecule has 5 nitrogen and oxygen atoms in total. The molecule has 0 saturated heterocycles. The summed E-state index contributed by atoms with van der Waals surface area (Å²) in [7, 11) is 0. The number of alkyl halides is 3. The minimum absolute atomic E-state index is 0.185. The number of hydrogen-bond donors (Lipinski definition) is 2. The largest absolute Gasteiger partial charge is 0.481 e. The van der Waals surface area contributed by atoms with Gasteiger partial charge in [0.2, 0.25) is 0 Å². The maximum atomic E-state index is 12.7. The van der Waals surface area contributed by atoms with E-state index >= 15 is 0 Å². The summed E-state index contributed by atoms with van der Waals surface area (Å²) in [4.78, 5) is 18.9. The number of halogens is 3. The number of carboxylic acid groups (broad SMARTS) is 1. The third-order valence-corrected chi connectivity index (χ3v) is 7.50. The summed E-state index contributed by atoms with van der Waals surface area (Å²) in [5.74, 6) is 0.111. The number of carbonyl (C=O) groups is 1. The van der Waals surface area contributed by atoms with Gasteiger partial charge in [0.1, 0.15) is 11.5 Å². The summed E-state index contributed by atoms with van der Waals surface area (Å²) < 4.78 is 38.0. The van der Waals surface area contributed by atoms with Crippen LogP contribution in [0.3, 0.4) is 0 Å². The van der Waals surface area contributed by atoms with Crippen LogP contribution in [-0.2, 0) is 22.8 Å². The van der Waals surface area contributed by atoms with Crippen LogP contribution in [0.25, 0.3) is 11.1 Å². The molecule has 1 saturated carbocycles. The Balaban J connectivity index is 1.27. The second-order valence-corrected chi connectivity index (χ2v) is 9.68. The molecule has 1 spiro atoms. The van der Waals surface area contributed by atoms with E-state index in [2.05, 4.69) is 33.5 Å². The van der Waals surface area contributed by atoms with E-state index < -0.39 is 17.8 Å². The van der Waals surface area contributed by atoms with E-state index in [0.29, 0.717) is 11.5 Å². The van der Waals surface area contributed by atoms with Crippen molar-refractivity contribution in [2.45, 2.75) is 56.5 Å². The molecule has 1 fully saturated rings. The number of hydrogen-bond acceptors (Lipinski definition) is 4. The van der Waals surface area contributed by atoms with Gasteiger partial charge in [-0.1, -0.05) is 18.2 Å². The summed E-state index contributed by atoms with van der Waals surface area (Å²) in [5, 5.41) is 12.1. The number of nitrogens with zero attached hydrogens (tertiary/aromatic N) is 2. The maximum absolute atomic E-state index is 12.7. The molecule has 0 unspecified atom stereocenters. The smallest absolute Gasteiger partial charge is 0.433 e. The fraction of sp³-hybridized carbons (Fsp3) is 0.370. The second kappa shape index (κ2) is 8.98. The van der Waals surface area contributed by atoms with Crippen molar-refractivity contribution in [2.24, 2.45) is 5.92 Å². The fourth-order valence-electron chi connectivity index (χ4n) is 5.63. The summed E-state index contributed by atoms with van der Waals surface area (Å²) in [5.41, 5.74) is 4.50. The fourth-order valence-corrected chi connectivity index (χ4v) is 5.63. The van der Waals surface area contributed by atoms with Gasteiger partial charge in [-0.2, -0.15) is 13.2 Å². The number of aromatic nitrogens is 2. The first kappa shape index (κ1) is 23.3. The van der Waals surface area contributed by atoms with Crippen LogP contribution in [0.1, 0.15) is 55.3 Å². The lowest BCUT2D eigenvalue weighted by Crippen LogP contribution is -2.30. The number of pyridine rings is 2. The van der Waals surface area contributed by atoms with Crippen molar-refractivity contribution < 1.29 is 23.1 Å². The molecule has 2 aliphatic carbocycles. The van der Waals surface area contributed by atoms with Crippen molar-refractivity contribution in [3.8, 4) is 11.1 Å². The summed E-state index contributed by atoms with van der Waals surface area (Å²) in [6.45, 7) is 0. The molecule has 35 heavy (non-hydrogen) atoms. The van der Waals surface area contributed by atoms with Crippen LogP contribution in [0.5, 0.6) is 0 Å². The molecular formula is C27H26F3N3O2. The highest BCUT2D eigenvalue weighted by atomic mass is 19.4. The van der Waals surface area contributed by atoms with Crippen molar-refractivity contribution in [2.75, 3.05) is 5.32 Å². The first-order valence-electron chi connectivity index (χ1n) is 11.8. The molecule has 0 bridgehead atoms. The van der Waals surface area contributed by atoms with Gasteiger partial charge in [-0.3, -0.25) is 4.79 Å². The normalized spacial score (nSPS) is 21.6. The third kappa shape index (κ3) is 4.88. The van der Waals surface area contributed by atoms with E-state index in [1.807, 2.05) is 6.07 Å². The SMILES string of the molecule is O=C(O)CC1CCC2(CCc3cc(-c4ccc(Nc5ccc(C(F)(F)F)nc5)nc4)ccc32)CC1. The van der Waals surface area contributed by atoms with Gasteiger partial charge < -0.3 is 10.4 Å². The number of carboxylic acids is 1. The Labute approximate surface area is 201 Å². The average molecular weight is 482 g/mol. The third-order valence-electron chi connectivity index (χ3n) is 7.50. The minimum Gasteiger partial charge on any atom is -0.481 e. The molecule has 1 aromatic carbocycles. The van der Waals surface area contributed by atoms with Crippen LogP contribution >= 0.6 is 0 Å². The van der Waals surface area contributed by atoms with E-state index in [-0.39, 0.29) is 17.8 Å². The zero-order valence-electron chi connectivity index (χ0n) is 19.1. The van der Waals surface area contributed by atoms with Gasteiger partial charge in [-0.15, -0.1) is 0 Å². The molecule has 0 aliphatic heterocycles. The highest BCUT2D eigenvalue weighted by Gasteiger charge is 2.41. The standard InChI is InChI=1S/C27H26F3N3O2/c28-27(29,30)23-5-3-21(16-31-23)33-24-6-2-20(15-32-24)18-1-4-22-19(14-18)9-12-26(22)10-7-17(8-11-26)13-25(34)35/h1-6,14-17H,7-13H2,(H,32,33)(H,34,35). The van der Waals surface area contributed by atoms with Crippen LogP contribution in [-0.4, -0.2) is 21.0 Å². The van der Waals surface area contributed by atoms with Gasteiger partial charge in [0, 0.05) is 18.2 Å². The first-order valence-corrected chi connectivity index (χ1v) is 11.8. The lowest BCUT2D eigenvalue weighted by molar-refractivity contribution is -0.141. The van der Waals surface area contributed by atoms with Gasteiger partial charge in [0.05, 0.1) is 11.9 Å². The van der Waals surface area contributed by atoms with Crippen LogP contribution in [0.2, 0.25) is 0 Å². The lowest BCUT2D eigenvalue weighted by Gasteiger charge is -2.38. The van der Waals surface area contributed by atoms with E-state index in [1.165, 1.54) is 17.2 Å². The lowest BCUT2D eigenvalue weighted by atomic mass is 9.67. The molecule has 5 rings (SSSR count). The topological polar surface area (TPSA) is 75.1 Å². The molecule has 2 aromatic heterocycles. The second-order valence-electron chi connectivity index (χ2n) is 9.68. The number of benzene rings is 1. The van der Waals surface area contributed by atoms with Crippen LogP contribution in [0.15, 0.2) is 54.9 Å². The molecule has 182 valence electrons. The highest BCUT2D eigenvalue weighted by molar-refractivity contribution is 5.68. The number of anilines is 2. The van der Waals surface area contributed by atoms with Crippen molar-refractivity contribution in [3.63, 3.8) is 0 Å². The first-order chi connectivity index (χ1) is 16.7. The van der Waals surface area contributed by atoms with Gasteiger partial charge in [0.15, 0.2) is 0 Å². The molecule has 3 aromatic rings. The molecule has 8 heteroatoms. The van der Waals surface area contributed by atoms with E-state index in [9.17, 15) is 18.0 Å². The molecule has 0 atom stereocenters. The summed E-state index contributed by atoms with van der Waals surface area (Å²) >= 11 is 0. The Morgan fingerprint density at radius 3 is 2.40 bits per heavy atom. The average Bonchev–Trinajstić information content (AvgIpc) is 3.18. The zero-order valence-corrected chi connectivity index (χ0v) is 19.1. The van der Waals surface area contributed by atoms with Crippen LogP contribution in [0, 0.1) is 5.92 Å². The van der Waals surface area contributed by atoms with Gasteiger partial charge in [-0.05, 0) is 90.8 Å². The predicted octanol–water partition coefficient (Wildman–Crippen LogP) is 6.75. The summed E-state index contributed by atoms with van der Waals surface area (Å²) in [6.07, 6.45) is 4.90. The number of aliphatic carboxylic acids is 1. The predicted molar refractivity (Wildman–Crippen MR) is 126 cm³/mol. The molecule has 0 amide bonds. The number of aryl methyl sites for hydroxylation is 1. The number of rotatable bonds is 5. The monoisotopic (exact) mass is 481 g/mol. The molecule has 2 heterocycles. The van der Waals surface area contributed by atoms with E-state index in [4.69, 9.17) is 5.11 Å². The summed E-state index contributed by atoms with van der Waals surface area (Å²) in [6, 6.07) is 12.6. The van der Waals surface area contributed by atoms with Gasteiger partial charge in [0.25, 0.3) is 0 Å². The Kier molecular flexibility index (Phi) is 5.99. The maximum Gasteiger partial charge on any atom is 0.433 e. The molecule has 2 N–H and O–H groups in total. The van der Waals surface area contributed by atoms with Crippen molar-refractivity contribution in [1.82, 2.24) is 9.97 Å². The van der Waals surface area contributed by atoms with E-state index in [1.54, 1.807) is 12.3 Å². The van der Waals surface area contributed by atoms with Crippen molar-refractivity contribution in [3.05, 3.63) is 71.7 Å².